The molecule has 98 valence electrons. The van der Waals surface area contributed by atoms with E-state index >= 15 is 0 Å². The fourth-order valence-electron chi connectivity index (χ4n) is 2.71. The van der Waals surface area contributed by atoms with Crippen molar-refractivity contribution in [1.82, 2.24) is 4.90 Å². The van der Waals surface area contributed by atoms with Crippen LogP contribution in [0.1, 0.15) is 23.9 Å². The zero-order chi connectivity index (χ0) is 12.6. The molecule has 3 heterocycles. The lowest BCUT2D eigenvalue weighted by Crippen LogP contribution is -2.60. The van der Waals surface area contributed by atoms with E-state index in [4.69, 9.17) is 9.15 Å². The van der Waals surface area contributed by atoms with Gasteiger partial charge in [-0.05, 0) is 25.5 Å². The molecule has 1 atom stereocenters. The molecule has 2 fully saturated rings. The van der Waals surface area contributed by atoms with Gasteiger partial charge in [-0.25, -0.2) is 0 Å². The molecule has 1 spiro atoms. The van der Waals surface area contributed by atoms with Crippen LogP contribution in [0.5, 0.6) is 0 Å². The normalized spacial score (nSPS) is 25.4. The average Bonchev–Trinajstić information content (AvgIpc) is 2.95. The molecule has 5 heteroatoms. The maximum absolute atomic E-state index is 12.0. The molecule has 0 saturated carbocycles. The number of carbonyl (C=O) groups excluding carboxylic acids is 1. The van der Waals surface area contributed by atoms with Crippen LogP contribution in [-0.4, -0.2) is 47.1 Å². The Labute approximate surface area is 111 Å². The summed E-state index contributed by atoms with van der Waals surface area (Å²) in [5.41, 5.74) is 0. The SMILES string of the molecule is CCO[C@H]1CSC2(C1)CN(C(=O)c1ccco1)C2. The van der Waals surface area contributed by atoms with E-state index in [0.717, 1.165) is 31.9 Å². The Kier molecular flexibility index (Phi) is 3.11. The van der Waals surface area contributed by atoms with E-state index in [9.17, 15) is 4.79 Å². The molecular formula is C13H17NO3S. The zero-order valence-corrected chi connectivity index (χ0v) is 11.2. The number of nitrogens with zero attached hydrogens (tertiary/aromatic N) is 1. The van der Waals surface area contributed by atoms with Gasteiger partial charge in [0, 0.05) is 25.4 Å². The topological polar surface area (TPSA) is 42.7 Å². The van der Waals surface area contributed by atoms with E-state index in [2.05, 4.69) is 0 Å². The maximum Gasteiger partial charge on any atom is 0.289 e. The third kappa shape index (κ3) is 2.06. The van der Waals surface area contributed by atoms with Crippen LogP contribution in [0.25, 0.3) is 0 Å². The summed E-state index contributed by atoms with van der Waals surface area (Å²) in [6.07, 6.45) is 2.96. The van der Waals surface area contributed by atoms with E-state index in [1.807, 2.05) is 23.6 Å². The van der Waals surface area contributed by atoms with Crippen molar-refractivity contribution in [2.75, 3.05) is 25.4 Å². The number of hydrogen-bond acceptors (Lipinski definition) is 4. The van der Waals surface area contributed by atoms with E-state index in [1.165, 1.54) is 6.26 Å². The Morgan fingerprint density at radius 1 is 1.67 bits per heavy atom. The largest absolute Gasteiger partial charge is 0.459 e. The molecule has 4 nitrogen and oxygen atoms in total. The van der Waals surface area contributed by atoms with E-state index < -0.39 is 0 Å². The maximum atomic E-state index is 12.0. The van der Waals surface area contributed by atoms with Gasteiger partial charge in [0.15, 0.2) is 5.76 Å². The summed E-state index contributed by atoms with van der Waals surface area (Å²) in [6.45, 7) is 4.45. The van der Waals surface area contributed by atoms with Crippen LogP contribution in [0.4, 0.5) is 0 Å². The summed E-state index contributed by atoms with van der Waals surface area (Å²) in [6, 6.07) is 3.47. The summed E-state index contributed by atoms with van der Waals surface area (Å²) in [7, 11) is 0. The molecule has 3 rings (SSSR count). The van der Waals surface area contributed by atoms with Gasteiger partial charge in [-0.2, -0.15) is 0 Å². The third-order valence-corrected chi connectivity index (χ3v) is 5.13. The summed E-state index contributed by atoms with van der Waals surface area (Å²) in [4.78, 5) is 13.9. The van der Waals surface area contributed by atoms with Gasteiger partial charge in [-0.15, -0.1) is 11.8 Å². The first-order chi connectivity index (χ1) is 8.72. The van der Waals surface area contributed by atoms with Crippen molar-refractivity contribution >= 4 is 17.7 Å². The second kappa shape index (κ2) is 4.63. The van der Waals surface area contributed by atoms with Crippen LogP contribution in [0, 0.1) is 0 Å². The quantitative estimate of drug-likeness (QED) is 0.840. The first kappa shape index (κ1) is 12.1. The highest BCUT2D eigenvalue weighted by atomic mass is 32.2. The van der Waals surface area contributed by atoms with E-state index in [1.54, 1.807) is 12.1 Å². The summed E-state index contributed by atoms with van der Waals surface area (Å²) in [5.74, 6) is 1.50. The predicted molar refractivity (Wildman–Crippen MR) is 69.8 cm³/mol. The van der Waals surface area contributed by atoms with Gasteiger partial charge < -0.3 is 14.1 Å². The minimum absolute atomic E-state index is 0.00563. The number of rotatable bonds is 3. The molecule has 0 aromatic carbocycles. The second-order valence-electron chi connectivity index (χ2n) is 4.91. The van der Waals surface area contributed by atoms with Crippen LogP contribution >= 0.6 is 11.8 Å². The van der Waals surface area contributed by atoms with Gasteiger partial charge in [0.25, 0.3) is 5.91 Å². The van der Waals surface area contributed by atoms with Crippen molar-refractivity contribution < 1.29 is 13.9 Å². The van der Waals surface area contributed by atoms with Crippen molar-refractivity contribution in [1.29, 1.82) is 0 Å². The molecule has 1 aromatic heterocycles. The lowest BCUT2D eigenvalue weighted by molar-refractivity contribution is 0.0340. The second-order valence-corrected chi connectivity index (χ2v) is 6.40. The molecular weight excluding hydrogens is 250 g/mol. The van der Waals surface area contributed by atoms with Gasteiger partial charge in [-0.1, -0.05) is 0 Å². The highest BCUT2D eigenvalue weighted by Crippen LogP contribution is 2.46. The predicted octanol–water partition coefficient (Wildman–Crippen LogP) is 2.02. The fraction of sp³-hybridized carbons (Fsp3) is 0.615. The third-order valence-electron chi connectivity index (χ3n) is 3.55. The number of ether oxygens (including phenoxy) is 1. The standard InChI is InChI=1S/C13H17NO3S/c1-2-16-10-6-13(18-7-10)8-14(9-13)12(15)11-4-3-5-17-11/h3-5,10H,2,6-9H2,1H3/t10-/m1/s1. The molecule has 0 bridgehead atoms. The molecule has 0 aliphatic carbocycles. The number of likely N-dealkylation sites (tertiary alicyclic amines) is 1. The van der Waals surface area contributed by atoms with Crippen molar-refractivity contribution in [2.24, 2.45) is 0 Å². The Morgan fingerprint density at radius 2 is 2.50 bits per heavy atom. The van der Waals surface area contributed by atoms with Crippen LogP contribution in [0.15, 0.2) is 22.8 Å². The molecule has 0 radical (unpaired) electrons. The highest BCUT2D eigenvalue weighted by Gasteiger charge is 2.51. The average molecular weight is 267 g/mol. The monoisotopic (exact) mass is 267 g/mol. The Balaban J connectivity index is 1.56. The van der Waals surface area contributed by atoms with E-state index in [0.29, 0.717) is 11.9 Å². The number of carbonyl (C=O) groups is 1. The van der Waals surface area contributed by atoms with Crippen molar-refractivity contribution in [3.8, 4) is 0 Å². The minimum Gasteiger partial charge on any atom is -0.459 e. The molecule has 0 N–H and O–H groups in total. The number of furan rings is 1. The van der Waals surface area contributed by atoms with Crippen LogP contribution in [-0.2, 0) is 4.74 Å². The first-order valence-electron chi connectivity index (χ1n) is 6.31. The lowest BCUT2D eigenvalue weighted by atomic mass is 9.92. The van der Waals surface area contributed by atoms with Gasteiger partial charge in [-0.3, -0.25) is 4.79 Å². The molecule has 18 heavy (non-hydrogen) atoms. The van der Waals surface area contributed by atoms with Gasteiger partial charge in [0.05, 0.1) is 17.1 Å². The number of thioether (sulfide) groups is 1. The Hall–Kier alpha value is -0.940. The van der Waals surface area contributed by atoms with Gasteiger partial charge >= 0.3 is 0 Å². The molecule has 1 amide bonds. The van der Waals surface area contributed by atoms with Gasteiger partial charge in [0.1, 0.15) is 0 Å². The van der Waals surface area contributed by atoms with Crippen LogP contribution < -0.4 is 0 Å². The smallest absolute Gasteiger partial charge is 0.289 e. The summed E-state index contributed by atoms with van der Waals surface area (Å²) in [5, 5.41) is 0. The molecule has 2 aliphatic rings. The Morgan fingerprint density at radius 3 is 3.17 bits per heavy atom. The highest BCUT2D eigenvalue weighted by molar-refractivity contribution is 8.01. The van der Waals surface area contributed by atoms with Crippen LogP contribution in [0.3, 0.4) is 0 Å². The lowest BCUT2D eigenvalue weighted by Gasteiger charge is -2.47. The number of hydrogen-bond donors (Lipinski definition) is 0. The molecule has 0 unspecified atom stereocenters. The summed E-state index contributed by atoms with van der Waals surface area (Å²) >= 11 is 1.95. The number of amides is 1. The van der Waals surface area contributed by atoms with Crippen molar-refractivity contribution in [3.05, 3.63) is 24.2 Å². The Bertz CT molecular complexity index is 425. The van der Waals surface area contributed by atoms with Crippen LogP contribution in [0.2, 0.25) is 0 Å². The molecule has 1 aromatic rings. The summed E-state index contributed by atoms with van der Waals surface area (Å²) < 4.78 is 11.0. The minimum atomic E-state index is 0.00563. The zero-order valence-electron chi connectivity index (χ0n) is 10.4. The first-order valence-corrected chi connectivity index (χ1v) is 7.29. The molecule has 2 aliphatic heterocycles. The van der Waals surface area contributed by atoms with Gasteiger partial charge in [0.2, 0.25) is 0 Å². The van der Waals surface area contributed by atoms with E-state index in [-0.39, 0.29) is 10.7 Å². The van der Waals surface area contributed by atoms with Crippen molar-refractivity contribution in [2.45, 2.75) is 24.2 Å². The molecule has 2 saturated heterocycles. The fourth-order valence-corrected chi connectivity index (χ4v) is 4.27. The van der Waals surface area contributed by atoms with Crippen molar-refractivity contribution in [3.63, 3.8) is 0 Å².